The molecule has 0 N–H and O–H groups in total. The Morgan fingerprint density at radius 3 is 1.09 bits per heavy atom. The van der Waals surface area contributed by atoms with Gasteiger partial charge in [-0.1, -0.05) is 65.2 Å². The molecule has 2 fully saturated rings. The monoisotopic (exact) mass is 621 g/mol. The van der Waals surface area contributed by atoms with Crippen LogP contribution in [0.5, 0.6) is 0 Å². The van der Waals surface area contributed by atoms with Crippen molar-refractivity contribution in [3.8, 4) is 0 Å². The predicted octanol–water partition coefficient (Wildman–Crippen LogP) is 9.62. The van der Waals surface area contributed by atoms with E-state index < -0.39 is 0 Å². The van der Waals surface area contributed by atoms with Crippen LogP contribution in [0.4, 0.5) is 0 Å². The lowest BCUT2D eigenvalue weighted by molar-refractivity contribution is -0.161. The van der Waals surface area contributed by atoms with Gasteiger partial charge in [0.2, 0.25) is 0 Å². The Hall–Kier alpha value is -1.14. The first-order valence-electron chi connectivity index (χ1n) is 18.5. The fourth-order valence-electron chi connectivity index (χ4n) is 8.61. The van der Waals surface area contributed by atoms with E-state index in [2.05, 4.69) is 79.0 Å². The first-order valence-corrected chi connectivity index (χ1v) is 18.5. The molecule has 0 amide bonds. The van der Waals surface area contributed by atoms with Gasteiger partial charge in [-0.15, -0.1) is 0 Å². The standard InChI is InChI=1S/C38H72N2O4/c1-11-13-21-25-39-35(3,4)27-31(28-36(39,5)6)43-33(41)23-19-17-15-16-18-20-24-34(42)44-32-29-37(7,8)40(26-22-14-12-2)38(9,10)30-32/h31-32H,11-30H2,1-10H3. The first kappa shape index (κ1) is 39.0. The number of nitrogens with zero attached hydrogens (tertiary/aromatic N) is 2. The molecular formula is C38H72N2O4. The van der Waals surface area contributed by atoms with Gasteiger partial charge in [-0.2, -0.15) is 0 Å². The topological polar surface area (TPSA) is 59.1 Å². The summed E-state index contributed by atoms with van der Waals surface area (Å²) in [6.45, 7) is 25.2. The summed E-state index contributed by atoms with van der Waals surface area (Å²) < 4.78 is 12.0. The van der Waals surface area contributed by atoms with E-state index in [1.807, 2.05) is 0 Å². The molecule has 0 aromatic rings. The number of ether oxygens (including phenoxy) is 2. The summed E-state index contributed by atoms with van der Waals surface area (Å²) >= 11 is 0. The molecule has 0 unspecified atom stereocenters. The maximum Gasteiger partial charge on any atom is 0.306 e. The molecule has 2 saturated heterocycles. The van der Waals surface area contributed by atoms with E-state index in [0.717, 1.165) is 77.3 Å². The summed E-state index contributed by atoms with van der Waals surface area (Å²) in [5.74, 6) is -0.0798. The molecular weight excluding hydrogens is 548 g/mol. The van der Waals surface area contributed by atoms with Crippen LogP contribution in [0.15, 0.2) is 0 Å². The van der Waals surface area contributed by atoms with Crippen molar-refractivity contribution in [2.75, 3.05) is 13.1 Å². The summed E-state index contributed by atoms with van der Waals surface area (Å²) in [5.41, 5.74) is 0.133. The second-order valence-electron chi connectivity index (χ2n) is 16.6. The lowest BCUT2D eigenvalue weighted by atomic mass is 9.78. The zero-order valence-electron chi connectivity index (χ0n) is 30.8. The van der Waals surface area contributed by atoms with Crippen LogP contribution in [0, 0.1) is 0 Å². The van der Waals surface area contributed by atoms with Crippen molar-refractivity contribution in [2.45, 2.75) is 219 Å². The lowest BCUT2D eigenvalue weighted by Gasteiger charge is -2.55. The lowest BCUT2D eigenvalue weighted by Crippen LogP contribution is -2.62. The second-order valence-corrected chi connectivity index (χ2v) is 16.6. The minimum atomic E-state index is -0.0399. The van der Waals surface area contributed by atoms with Gasteiger partial charge in [0, 0.05) is 60.7 Å². The number of esters is 2. The molecule has 2 aliphatic rings. The number of carbonyl (C=O) groups excluding carboxylic acids is 2. The van der Waals surface area contributed by atoms with Gasteiger partial charge in [-0.25, -0.2) is 0 Å². The third kappa shape index (κ3) is 12.6. The Bertz CT molecular complexity index is 759. The fraction of sp³-hybridized carbons (Fsp3) is 0.947. The largest absolute Gasteiger partial charge is 0.462 e. The van der Waals surface area contributed by atoms with Crippen molar-refractivity contribution in [3.63, 3.8) is 0 Å². The molecule has 258 valence electrons. The number of rotatable bonds is 19. The smallest absolute Gasteiger partial charge is 0.306 e. The Kier molecular flexibility index (Phi) is 15.7. The molecule has 0 spiro atoms. The van der Waals surface area contributed by atoms with Crippen LogP contribution >= 0.6 is 0 Å². The van der Waals surface area contributed by atoms with Crippen LogP contribution < -0.4 is 0 Å². The van der Waals surface area contributed by atoms with E-state index in [-0.39, 0.29) is 46.3 Å². The maximum absolute atomic E-state index is 12.7. The zero-order valence-corrected chi connectivity index (χ0v) is 30.8. The van der Waals surface area contributed by atoms with Gasteiger partial charge in [0.25, 0.3) is 0 Å². The molecule has 0 saturated carbocycles. The number of hydrogen-bond acceptors (Lipinski definition) is 6. The van der Waals surface area contributed by atoms with Gasteiger partial charge in [-0.05, 0) is 94.2 Å². The number of carbonyl (C=O) groups is 2. The molecule has 2 heterocycles. The maximum atomic E-state index is 12.7. The van der Waals surface area contributed by atoms with Crippen molar-refractivity contribution in [1.82, 2.24) is 9.80 Å². The molecule has 0 bridgehead atoms. The second kappa shape index (κ2) is 17.7. The van der Waals surface area contributed by atoms with Gasteiger partial charge in [0.05, 0.1) is 0 Å². The van der Waals surface area contributed by atoms with Crippen LogP contribution in [-0.2, 0) is 19.1 Å². The van der Waals surface area contributed by atoms with Gasteiger partial charge in [0.1, 0.15) is 12.2 Å². The highest BCUT2D eigenvalue weighted by Crippen LogP contribution is 2.41. The van der Waals surface area contributed by atoms with E-state index >= 15 is 0 Å². The third-order valence-corrected chi connectivity index (χ3v) is 10.4. The van der Waals surface area contributed by atoms with Crippen molar-refractivity contribution in [2.24, 2.45) is 0 Å². The molecule has 2 rings (SSSR count). The number of likely N-dealkylation sites (tertiary alicyclic amines) is 2. The quantitative estimate of drug-likeness (QED) is 0.106. The number of piperidine rings is 2. The van der Waals surface area contributed by atoms with Crippen molar-refractivity contribution < 1.29 is 19.1 Å². The molecule has 6 heteroatoms. The average Bonchev–Trinajstić information content (AvgIpc) is 2.87. The van der Waals surface area contributed by atoms with Gasteiger partial charge in [0.15, 0.2) is 0 Å². The molecule has 44 heavy (non-hydrogen) atoms. The highest BCUT2D eigenvalue weighted by Gasteiger charge is 2.47. The minimum absolute atomic E-state index is 0.00478. The molecule has 2 aliphatic heterocycles. The van der Waals surface area contributed by atoms with Gasteiger partial charge in [-0.3, -0.25) is 19.4 Å². The van der Waals surface area contributed by atoms with E-state index in [1.54, 1.807) is 0 Å². The molecule has 0 radical (unpaired) electrons. The summed E-state index contributed by atoms with van der Waals surface area (Å²) in [5, 5.41) is 0. The third-order valence-electron chi connectivity index (χ3n) is 10.4. The molecule has 0 aromatic carbocycles. The van der Waals surface area contributed by atoms with E-state index in [1.165, 1.54) is 38.5 Å². The van der Waals surface area contributed by atoms with E-state index in [4.69, 9.17) is 9.47 Å². The Labute approximate surface area is 272 Å². The van der Waals surface area contributed by atoms with Gasteiger partial charge >= 0.3 is 11.9 Å². The number of unbranched alkanes of at least 4 members (excludes halogenated alkanes) is 9. The fourth-order valence-corrected chi connectivity index (χ4v) is 8.61. The molecule has 0 atom stereocenters. The van der Waals surface area contributed by atoms with E-state index in [0.29, 0.717) is 12.8 Å². The highest BCUT2D eigenvalue weighted by atomic mass is 16.5. The Morgan fingerprint density at radius 2 is 0.795 bits per heavy atom. The number of hydrogen-bond donors (Lipinski definition) is 0. The van der Waals surface area contributed by atoms with Crippen LogP contribution in [0.2, 0.25) is 0 Å². The highest BCUT2D eigenvalue weighted by molar-refractivity contribution is 5.69. The predicted molar refractivity (Wildman–Crippen MR) is 184 cm³/mol. The summed E-state index contributed by atoms with van der Waals surface area (Å²) in [4.78, 5) is 30.6. The zero-order chi connectivity index (χ0) is 33.0. The van der Waals surface area contributed by atoms with Crippen molar-refractivity contribution in [3.05, 3.63) is 0 Å². The van der Waals surface area contributed by atoms with Crippen LogP contribution in [-0.4, -0.2) is 69.2 Å². The Morgan fingerprint density at radius 1 is 0.500 bits per heavy atom. The van der Waals surface area contributed by atoms with Crippen LogP contribution in [0.3, 0.4) is 0 Å². The summed E-state index contributed by atoms with van der Waals surface area (Å²) in [6.07, 6.45) is 18.1. The first-order chi connectivity index (χ1) is 20.5. The minimum Gasteiger partial charge on any atom is -0.462 e. The van der Waals surface area contributed by atoms with Crippen molar-refractivity contribution >= 4 is 11.9 Å². The van der Waals surface area contributed by atoms with E-state index in [9.17, 15) is 9.59 Å². The van der Waals surface area contributed by atoms with Gasteiger partial charge < -0.3 is 9.47 Å². The van der Waals surface area contributed by atoms with Crippen LogP contribution in [0.1, 0.15) is 185 Å². The Balaban J connectivity index is 1.59. The van der Waals surface area contributed by atoms with Crippen LogP contribution in [0.25, 0.3) is 0 Å². The average molecular weight is 621 g/mol. The SMILES string of the molecule is CCCCCN1C(C)(C)CC(OC(=O)CCCCCCCCC(=O)OC2CC(C)(C)N(CCCCC)C(C)(C)C2)CC1(C)C. The molecule has 6 nitrogen and oxygen atoms in total. The summed E-state index contributed by atoms with van der Waals surface area (Å²) in [7, 11) is 0. The molecule has 0 aromatic heterocycles. The summed E-state index contributed by atoms with van der Waals surface area (Å²) in [6, 6.07) is 0. The van der Waals surface area contributed by atoms with Crippen molar-refractivity contribution in [1.29, 1.82) is 0 Å². The molecule has 0 aliphatic carbocycles. The normalized spacial score (nSPS) is 22.1.